The number of aromatic amines is 1. The molecule has 94 valence electrons. The Labute approximate surface area is 109 Å². The van der Waals surface area contributed by atoms with E-state index >= 15 is 0 Å². The maximum absolute atomic E-state index is 9.88. The number of hydrogen-bond donors (Lipinski definition) is 2. The predicted octanol–water partition coefficient (Wildman–Crippen LogP) is 1.85. The number of hydrogen-bond acceptors (Lipinski definition) is 5. The minimum Gasteiger partial charge on any atom is -0.504 e. The summed E-state index contributed by atoms with van der Waals surface area (Å²) in [4.78, 5) is 0. The van der Waals surface area contributed by atoms with Gasteiger partial charge in [0.25, 0.3) is 0 Å². The lowest BCUT2D eigenvalue weighted by Gasteiger charge is -2.04. The van der Waals surface area contributed by atoms with Crippen LogP contribution in [-0.4, -0.2) is 33.3 Å². The lowest BCUT2D eigenvalue weighted by atomic mass is 10.2. The number of aromatic nitrogens is 3. The van der Waals surface area contributed by atoms with Crippen molar-refractivity contribution in [2.24, 2.45) is 5.10 Å². The van der Waals surface area contributed by atoms with E-state index in [-0.39, 0.29) is 5.75 Å². The summed E-state index contributed by atoms with van der Waals surface area (Å²) in [6.45, 7) is 1.77. The number of phenols is 1. The third-order valence-corrected chi connectivity index (χ3v) is 2.64. The molecule has 0 bridgehead atoms. The number of benzene rings is 1. The molecule has 2 rings (SSSR count). The van der Waals surface area contributed by atoms with Crippen molar-refractivity contribution in [1.82, 2.24) is 14.9 Å². The molecule has 0 aliphatic heterocycles. The van der Waals surface area contributed by atoms with Crippen LogP contribution in [0.1, 0.15) is 11.4 Å². The van der Waals surface area contributed by atoms with Crippen molar-refractivity contribution in [3.05, 3.63) is 34.4 Å². The molecule has 2 N–H and O–H groups in total. The average molecular weight is 264 g/mol. The second-order valence-electron chi connectivity index (χ2n) is 3.53. The van der Waals surface area contributed by atoms with Crippen LogP contribution < -0.4 is 4.74 Å². The monoisotopic (exact) mass is 264 g/mol. The second-order valence-corrected chi connectivity index (χ2v) is 3.92. The smallest absolute Gasteiger partial charge is 0.216 e. The molecule has 1 aromatic heterocycles. The van der Waals surface area contributed by atoms with Crippen molar-refractivity contribution in [3.8, 4) is 11.5 Å². The van der Waals surface area contributed by atoms with Gasteiger partial charge in [-0.25, -0.2) is 0 Å². The molecule has 0 spiro atoms. The quantitative estimate of drug-likeness (QED) is 0.655. The summed E-state index contributed by atoms with van der Waals surface area (Å²) in [5.41, 5.74) is 0.539. The van der Waals surface area contributed by atoms with E-state index in [1.807, 2.05) is 0 Å². The Balaban J connectivity index is 2.38. The van der Waals surface area contributed by atoms with Crippen molar-refractivity contribution < 1.29 is 9.84 Å². The molecule has 1 aromatic carbocycles. The maximum Gasteiger partial charge on any atom is 0.216 e. The Morgan fingerprint density at radius 3 is 2.94 bits per heavy atom. The Bertz CT molecular complexity index is 645. The predicted molar refractivity (Wildman–Crippen MR) is 69.8 cm³/mol. The van der Waals surface area contributed by atoms with Gasteiger partial charge < -0.3 is 9.84 Å². The minimum absolute atomic E-state index is 0.0383. The van der Waals surface area contributed by atoms with E-state index in [1.54, 1.807) is 25.1 Å². The van der Waals surface area contributed by atoms with Crippen molar-refractivity contribution in [3.63, 3.8) is 0 Å². The number of ether oxygens (including phenoxy) is 1. The highest BCUT2D eigenvalue weighted by molar-refractivity contribution is 7.71. The van der Waals surface area contributed by atoms with E-state index in [1.165, 1.54) is 18.0 Å². The Hall–Kier alpha value is -2.15. The van der Waals surface area contributed by atoms with E-state index in [2.05, 4.69) is 15.3 Å². The summed E-state index contributed by atoms with van der Waals surface area (Å²) >= 11 is 5.01. The van der Waals surface area contributed by atoms with Crippen molar-refractivity contribution >= 4 is 18.4 Å². The number of nitrogens with zero attached hydrogens (tertiary/aromatic N) is 3. The summed E-state index contributed by atoms with van der Waals surface area (Å²) in [5.74, 6) is 1.07. The number of methoxy groups -OCH3 is 1. The molecule has 7 heteroatoms. The number of rotatable bonds is 3. The summed E-state index contributed by atoms with van der Waals surface area (Å²) in [7, 11) is 1.49. The maximum atomic E-state index is 9.88. The second kappa shape index (κ2) is 5.01. The van der Waals surface area contributed by atoms with E-state index < -0.39 is 0 Å². The molecular formula is C11H12N4O2S. The fraction of sp³-hybridized carbons (Fsp3) is 0.182. The molecule has 0 aliphatic rings. The normalized spacial score (nSPS) is 11.0. The van der Waals surface area contributed by atoms with Crippen molar-refractivity contribution in [2.75, 3.05) is 7.11 Å². The van der Waals surface area contributed by atoms with Crippen LogP contribution in [0.2, 0.25) is 0 Å². The number of nitrogens with one attached hydrogen (secondary N) is 1. The zero-order chi connectivity index (χ0) is 13.1. The van der Waals surface area contributed by atoms with E-state index in [4.69, 9.17) is 17.0 Å². The summed E-state index contributed by atoms with van der Waals surface area (Å²) < 4.78 is 6.87. The first-order valence-electron chi connectivity index (χ1n) is 5.18. The largest absolute Gasteiger partial charge is 0.504 e. The molecule has 0 saturated heterocycles. The zero-order valence-corrected chi connectivity index (χ0v) is 10.7. The Morgan fingerprint density at radius 1 is 1.56 bits per heavy atom. The van der Waals surface area contributed by atoms with Crippen LogP contribution in [0.25, 0.3) is 0 Å². The number of aryl methyl sites for hydroxylation is 1. The van der Waals surface area contributed by atoms with Gasteiger partial charge in [0, 0.05) is 5.56 Å². The molecular weight excluding hydrogens is 252 g/mol. The van der Waals surface area contributed by atoms with E-state index in [9.17, 15) is 5.11 Å². The molecule has 0 fully saturated rings. The fourth-order valence-electron chi connectivity index (χ4n) is 1.43. The number of H-pyrrole nitrogens is 1. The molecule has 18 heavy (non-hydrogen) atoms. The van der Waals surface area contributed by atoms with Gasteiger partial charge in [0.05, 0.1) is 13.3 Å². The highest BCUT2D eigenvalue weighted by atomic mass is 32.1. The summed E-state index contributed by atoms with van der Waals surface area (Å²) in [5, 5.41) is 20.6. The van der Waals surface area contributed by atoms with Gasteiger partial charge in [-0.15, -0.1) is 0 Å². The Morgan fingerprint density at radius 2 is 2.33 bits per heavy atom. The van der Waals surface area contributed by atoms with Gasteiger partial charge in [0.15, 0.2) is 11.5 Å². The first kappa shape index (κ1) is 12.3. The summed E-state index contributed by atoms with van der Waals surface area (Å²) in [6, 6.07) is 5.16. The van der Waals surface area contributed by atoms with Gasteiger partial charge in [-0.05, 0) is 31.3 Å². The minimum atomic E-state index is 0.0383. The molecule has 0 saturated carbocycles. The molecule has 0 aliphatic carbocycles. The number of para-hydroxylation sites is 1. The van der Waals surface area contributed by atoms with Crippen LogP contribution in [-0.2, 0) is 0 Å². The van der Waals surface area contributed by atoms with Gasteiger partial charge in [0.1, 0.15) is 5.82 Å². The van der Waals surface area contributed by atoms with Crippen LogP contribution in [0, 0.1) is 11.7 Å². The van der Waals surface area contributed by atoms with Crippen LogP contribution in [0.5, 0.6) is 11.5 Å². The molecule has 0 radical (unpaired) electrons. The van der Waals surface area contributed by atoms with Gasteiger partial charge >= 0.3 is 0 Å². The lowest BCUT2D eigenvalue weighted by molar-refractivity contribution is 0.373. The molecule has 6 nitrogen and oxygen atoms in total. The standard InChI is InChI=1S/C11H12N4O2S/c1-7-13-14-11(18)15(7)12-6-8-4-3-5-9(17-2)10(8)16/h3-6,16H,1-2H3,(H,14,18)/b12-6+. The first-order valence-corrected chi connectivity index (χ1v) is 5.58. The van der Waals surface area contributed by atoms with Crippen LogP contribution in [0.3, 0.4) is 0 Å². The number of phenolic OH excluding ortho intramolecular Hbond substituents is 1. The average Bonchev–Trinajstić information content (AvgIpc) is 2.68. The first-order chi connectivity index (χ1) is 8.63. The molecule has 0 atom stereocenters. The van der Waals surface area contributed by atoms with E-state index in [0.717, 1.165) is 0 Å². The van der Waals surface area contributed by atoms with Gasteiger partial charge in [0.2, 0.25) is 4.77 Å². The van der Waals surface area contributed by atoms with Crippen molar-refractivity contribution in [2.45, 2.75) is 6.92 Å². The molecule has 1 heterocycles. The highest BCUT2D eigenvalue weighted by Gasteiger charge is 2.05. The summed E-state index contributed by atoms with van der Waals surface area (Å²) in [6.07, 6.45) is 1.50. The zero-order valence-electron chi connectivity index (χ0n) is 9.91. The van der Waals surface area contributed by atoms with E-state index in [0.29, 0.717) is 21.9 Å². The SMILES string of the molecule is COc1cccc(/C=N/n2c(C)n[nH]c2=S)c1O. The number of aromatic hydroxyl groups is 1. The molecule has 0 amide bonds. The van der Waals surface area contributed by atoms with Gasteiger partial charge in [-0.3, -0.25) is 5.10 Å². The van der Waals surface area contributed by atoms with Crippen LogP contribution in [0.4, 0.5) is 0 Å². The Kier molecular flexibility index (Phi) is 3.42. The highest BCUT2D eigenvalue weighted by Crippen LogP contribution is 2.27. The van der Waals surface area contributed by atoms with Crippen LogP contribution in [0.15, 0.2) is 23.3 Å². The van der Waals surface area contributed by atoms with Crippen LogP contribution >= 0.6 is 12.2 Å². The third kappa shape index (κ3) is 2.25. The topological polar surface area (TPSA) is 75.4 Å². The third-order valence-electron chi connectivity index (χ3n) is 2.37. The van der Waals surface area contributed by atoms with Crippen molar-refractivity contribution in [1.29, 1.82) is 0 Å². The molecule has 0 unspecified atom stereocenters. The molecule has 2 aromatic rings. The fourth-order valence-corrected chi connectivity index (χ4v) is 1.66. The lowest BCUT2D eigenvalue weighted by Crippen LogP contribution is -1.94. The van der Waals surface area contributed by atoms with Gasteiger partial charge in [-0.2, -0.15) is 14.9 Å². The van der Waals surface area contributed by atoms with Gasteiger partial charge in [-0.1, -0.05) is 6.07 Å².